The largest absolute Gasteiger partial charge is 0.492 e. The van der Waals surface area contributed by atoms with Crippen LogP contribution in [0, 0.1) is 0 Å². The molecule has 1 aromatic carbocycles. The molecule has 0 aliphatic rings. The zero-order valence-corrected chi connectivity index (χ0v) is 18.1. The molecule has 3 N–H and O–H groups in total. The predicted octanol–water partition coefficient (Wildman–Crippen LogP) is 2.65. The number of guanidine groups is 1. The van der Waals surface area contributed by atoms with Gasteiger partial charge in [0.25, 0.3) is 0 Å². The van der Waals surface area contributed by atoms with Gasteiger partial charge in [0.15, 0.2) is 5.96 Å². The van der Waals surface area contributed by atoms with E-state index in [1.165, 1.54) is 0 Å². The maximum Gasteiger partial charge on any atom is 0.191 e. The summed E-state index contributed by atoms with van der Waals surface area (Å²) < 4.78 is 5.91. The molecular formula is C21H32N4O2S. The van der Waals surface area contributed by atoms with Crippen LogP contribution in [0.1, 0.15) is 25.0 Å². The molecule has 0 spiro atoms. The zero-order valence-electron chi connectivity index (χ0n) is 17.2. The Hall–Kier alpha value is -2.09. The van der Waals surface area contributed by atoms with Crippen molar-refractivity contribution in [1.29, 1.82) is 0 Å². The molecule has 7 heteroatoms. The van der Waals surface area contributed by atoms with Crippen LogP contribution in [0.2, 0.25) is 0 Å². The lowest BCUT2D eigenvalue weighted by molar-refractivity contribution is 0.0621. The molecule has 0 fully saturated rings. The maximum absolute atomic E-state index is 10.7. The Labute approximate surface area is 172 Å². The van der Waals surface area contributed by atoms with Gasteiger partial charge in [-0.25, -0.2) is 4.99 Å². The summed E-state index contributed by atoms with van der Waals surface area (Å²) in [7, 11) is 4.05. The molecule has 1 unspecified atom stereocenters. The number of aliphatic hydroxyl groups is 1. The molecule has 6 nitrogen and oxygen atoms in total. The number of likely N-dealkylation sites (N-methyl/N-ethyl adjacent to an activating group) is 1. The summed E-state index contributed by atoms with van der Waals surface area (Å²) in [6.07, 6.45) is 0. The van der Waals surface area contributed by atoms with Gasteiger partial charge in [-0.05, 0) is 56.4 Å². The Bertz CT molecular complexity index is 730. The quantitative estimate of drug-likeness (QED) is 0.420. The Morgan fingerprint density at radius 3 is 2.71 bits per heavy atom. The van der Waals surface area contributed by atoms with Crippen molar-refractivity contribution in [1.82, 2.24) is 15.5 Å². The third-order valence-electron chi connectivity index (χ3n) is 4.26. The number of ether oxygens (including phenoxy) is 1. The van der Waals surface area contributed by atoms with Gasteiger partial charge in [-0.1, -0.05) is 18.2 Å². The summed E-state index contributed by atoms with van der Waals surface area (Å²) in [5.41, 5.74) is 0.979. The first kappa shape index (κ1) is 22.2. The van der Waals surface area contributed by atoms with Crippen LogP contribution < -0.4 is 15.4 Å². The molecular weight excluding hydrogens is 372 g/mol. The monoisotopic (exact) mass is 404 g/mol. The van der Waals surface area contributed by atoms with Crippen molar-refractivity contribution in [2.75, 3.05) is 40.3 Å². The Balaban J connectivity index is 2.00. The molecule has 0 radical (unpaired) electrons. The lowest BCUT2D eigenvalue weighted by Gasteiger charge is -2.24. The van der Waals surface area contributed by atoms with Crippen molar-refractivity contribution in [3.8, 4) is 5.75 Å². The normalized spacial score (nSPS) is 14.0. The fraction of sp³-hybridized carbons (Fsp3) is 0.476. The van der Waals surface area contributed by atoms with Crippen molar-refractivity contribution in [2.45, 2.75) is 26.0 Å². The molecule has 0 aliphatic carbocycles. The minimum atomic E-state index is -0.955. The molecule has 0 amide bonds. The van der Waals surface area contributed by atoms with E-state index in [0.717, 1.165) is 30.0 Å². The van der Waals surface area contributed by atoms with E-state index >= 15 is 0 Å². The van der Waals surface area contributed by atoms with Crippen molar-refractivity contribution >= 4 is 17.3 Å². The number of para-hydroxylation sites is 1. The van der Waals surface area contributed by atoms with Gasteiger partial charge in [0.2, 0.25) is 0 Å². The molecule has 1 heterocycles. The number of hydrogen-bond acceptors (Lipinski definition) is 5. The van der Waals surface area contributed by atoms with Crippen molar-refractivity contribution < 1.29 is 9.84 Å². The van der Waals surface area contributed by atoms with Crippen LogP contribution in [0.25, 0.3) is 0 Å². The van der Waals surface area contributed by atoms with Crippen molar-refractivity contribution in [2.24, 2.45) is 4.99 Å². The van der Waals surface area contributed by atoms with Crippen LogP contribution >= 0.6 is 11.3 Å². The van der Waals surface area contributed by atoms with Gasteiger partial charge in [-0.15, -0.1) is 0 Å². The van der Waals surface area contributed by atoms with Crippen molar-refractivity contribution in [3.63, 3.8) is 0 Å². The van der Waals surface area contributed by atoms with Gasteiger partial charge in [0, 0.05) is 18.7 Å². The third kappa shape index (κ3) is 7.14. The fourth-order valence-electron chi connectivity index (χ4n) is 2.55. The van der Waals surface area contributed by atoms with Crippen LogP contribution in [0.3, 0.4) is 0 Å². The first-order valence-corrected chi connectivity index (χ1v) is 10.5. The number of nitrogens with one attached hydrogen (secondary N) is 2. The van der Waals surface area contributed by atoms with Crippen LogP contribution in [0.5, 0.6) is 5.75 Å². The molecule has 0 saturated carbocycles. The minimum Gasteiger partial charge on any atom is -0.492 e. The molecule has 28 heavy (non-hydrogen) atoms. The number of rotatable bonds is 10. The summed E-state index contributed by atoms with van der Waals surface area (Å²) in [6.45, 7) is 6.93. The number of aliphatic imine (C=N–C) groups is 1. The third-order valence-corrected chi connectivity index (χ3v) is 4.95. The summed E-state index contributed by atoms with van der Waals surface area (Å²) >= 11 is 1.58. The first-order chi connectivity index (χ1) is 13.4. The standard InChI is InChI=1S/C21H32N4O2S/c1-5-22-20(24-16-21(2,26)18-10-13-28-15-18)23-14-17-8-6-7-9-19(17)27-12-11-25(3)4/h6-10,13,15,26H,5,11-12,14,16H2,1-4H3,(H2,22,23,24). The lowest BCUT2D eigenvalue weighted by Crippen LogP contribution is -2.44. The van der Waals surface area contributed by atoms with E-state index in [2.05, 4.69) is 20.5 Å². The Morgan fingerprint density at radius 1 is 1.25 bits per heavy atom. The second-order valence-electron chi connectivity index (χ2n) is 7.09. The SMILES string of the molecule is CCNC(=NCc1ccccc1OCCN(C)C)NCC(C)(O)c1ccsc1. The van der Waals surface area contributed by atoms with Crippen LogP contribution in [-0.2, 0) is 12.1 Å². The van der Waals surface area contributed by atoms with Gasteiger partial charge >= 0.3 is 0 Å². The Morgan fingerprint density at radius 2 is 2.04 bits per heavy atom. The van der Waals surface area contributed by atoms with Crippen molar-refractivity contribution in [3.05, 3.63) is 52.2 Å². The molecule has 1 atom stereocenters. The number of benzene rings is 1. The second-order valence-corrected chi connectivity index (χ2v) is 7.87. The maximum atomic E-state index is 10.7. The number of thiophene rings is 1. The number of hydrogen-bond donors (Lipinski definition) is 3. The van der Waals surface area contributed by atoms with Gasteiger partial charge in [-0.2, -0.15) is 11.3 Å². The van der Waals surface area contributed by atoms with E-state index in [9.17, 15) is 5.11 Å². The highest BCUT2D eigenvalue weighted by Gasteiger charge is 2.23. The van der Waals surface area contributed by atoms with E-state index < -0.39 is 5.60 Å². The zero-order chi connectivity index (χ0) is 20.4. The smallest absolute Gasteiger partial charge is 0.191 e. The van der Waals surface area contributed by atoms with Crippen LogP contribution in [0.4, 0.5) is 0 Å². The summed E-state index contributed by atoms with van der Waals surface area (Å²) in [5.74, 6) is 1.52. The van der Waals surface area contributed by atoms with E-state index in [1.54, 1.807) is 18.3 Å². The molecule has 0 bridgehead atoms. The van der Waals surface area contributed by atoms with Gasteiger partial charge < -0.3 is 25.4 Å². The van der Waals surface area contributed by atoms with Crippen LogP contribution in [0.15, 0.2) is 46.1 Å². The lowest BCUT2D eigenvalue weighted by atomic mass is 9.99. The Kier molecular flexibility index (Phi) is 8.76. The fourth-order valence-corrected chi connectivity index (χ4v) is 3.33. The van der Waals surface area contributed by atoms with Gasteiger partial charge in [0.05, 0.1) is 13.1 Å². The van der Waals surface area contributed by atoms with Gasteiger partial charge in [0.1, 0.15) is 18.0 Å². The van der Waals surface area contributed by atoms with E-state index in [4.69, 9.17) is 4.74 Å². The van der Waals surface area contributed by atoms with Crippen LogP contribution in [-0.4, -0.2) is 56.3 Å². The molecule has 0 saturated heterocycles. The van der Waals surface area contributed by atoms with Gasteiger partial charge in [-0.3, -0.25) is 0 Å². The highest BCUT2D eigenvalue weighted by atomic mass is 32.1. The average molecular weight is 405 g/mol. The molecule has 154 valence electrons. The molecule has 0 aliphatic heterocycles. The predicted molar refractivity (Wildman–Crippen MR) is 117 cm³/mol. The first-order valence-electron chi connectivity index (χ1n) is 9.55. The topological polar surface area (TPSA) is 69.1 Å². The minimum absolute atomic E-state index is 0.372. The van der Waals surface area contributed by atoms with E-state index in [-0.39, 0.29) is 0 Å². The highest BCUT2D eigenvalue weighted by molar-refractivity contribution is 7.08. The molecule has 2 rings (SSSR count). The van der Waals surface area contributed by atoms with E-state index in [0.29, 0.717) is 25.7 Å². The van der Waals surface area contributed by atoms with E-state index in [1.807, 2.05) is 62.1 Å². The number of nitrogens with zero attached hydrogens (tertiary/aromatic N) is 2. The summed E-state index contributed by atoms with van der Waals surface area (Å²) in [4.78, 5) is 6.76. The summed E-state index contributed by atoms with van der Waals surface area (Å²) in [5, 5.41) is 21.1. The highest BCUT2D eigenvalue weighted by Crippen LogP contribution is 2.22. The average Bonchev–Trinajstić information content (AvgIpc) is 3.20. The molecule has 1 aromatic heterocycles. The summed E-state index contributed by atoms with van der Waals surface area (Å²) in [6, 6.07) is 9.91. The second kappa shape index (κ2) is 11.0. The molecule has 2 aromatic rings.